The molecule has 1 fully saturated rings. The number of ether oxygens (including phenoxy) is 1. The van der Waals surface area contributed by atoms with E-state index >= 15 is 0 Å². The predicted molar refractivity (Wildman–Crippen MR) is 65.6 cm³/mol. The van der Waals surface area contributed by atoms with E-state index in [1.807, 2.05) is 4.90 Å². The molecule has 1 aliphatic rings. The van der Waals surface area contributed by atoms with E-state index < -0.39 is 29.7 Å². The number of morpholine rings is 1. The van der Waals surface area contributed by atoms with Crippen molar-refractivity contribution in [3.8, 4) is 0 Å². The Kier molecular flexibility index (Phi) is 4.31. The van der Waals surface area contributed by atoms with Gasteiger partial charge in [0.1, 0.15) is 5.82 Å². The fourth-order valence-corrected chi connectivity index (χ4v) is 2.47. The van der Waals surface area contributed by atoms with Gasteiger partial charge in [-0.2, -0.15) is 13.2 Å². The van der Waals surface area contributed by atoms with E-state index in [1.165, 1.54) is 6.07 Å². The van der Waals surface area contributed by atoms with Gasteiger partial charge in [0.15, 0.2) is 0 Å². The number of benzene rings is 1. The Bertz CT molecular complexity index is 478. The Morgan fingerprint density at radius 3 is 2.70 bits per heavy atom. The Balaban J connectivity index is 2.41. The van der Waals surface area contributed by atoms with Crippen molar-refractivity contribution in [2.75, 3.05) is 26.7 Å². The molecule has 1 aromatic carbocycles. The normalized spacial score (nSPS) is 24.9. The van der Waals surface area contributed by atoms with Crippen LogP contribution in [0.3, 0.4) is 0 Å². The molecule has 7 heteroatoms. The van der Waals surface area contributed by atoms with Crippen LogP contribution in [0.1, 0.15) is 17.2 Å². The zero-order valence-corrected chi connectivity index (χ0v) is 11.0. The molecule has 1 aliphatic heterocycles. The molecule has 0 saturated carbocycles. The molecule has 0 spiro atoms. The molecule has 0 bridgehead atoms. The monoisotopic (exact) mass is 292 g/mol. The lowest BCUT2D eigenvalue weighted by Crippen LogP contribution is -2.46. The smallest absolute Gasteiger partial charge is 0.374 e. The highest BCUT2D eigenvalue weighted by atomic mass is 19.4. The number of alkyl halides is 3. The molecule has 0 aromatic heterocycles. The summed E-state index contributed by atoms with van der Waals surface area (Å²) in [5.74, 6) is -1.27. The Hall–Kier alpha value is -1.18. The Morgan fingerprint density at radius 2 is 2.10 bits per heavy atom. The summed E-state index contributed by atoms with van der Waals surface area (Å²) in [6.45, 7) is 1.25. The number of rotatable bonds is 2. The maximum absolute atomic E-state index is 13.3. The summed E-state index contributed by atoms with van der Waals surface area (Å²) in [5.41, 5.74) is 4.70. The molecule has 0 amide bonds. The van der Waals surface area contributed by atoms with Crippen molar-refractivity contribution < 1.29 is 22.3 Å². The standard InChI is InChI=1S/C13H16F4N2O/c1-19-4-5-20-11(7-18)12(19)8-2-3-10(14)9(6-8)13(15,16)17/h2-3,6,11-12H,4-5,7,18H2,1H3. The minimum Gasteiger partial charge on any atom is -0.374 e. The average molecular weight is 292 g/mol. The molecule has 20 heavy (non-hydrogen) atoms. The van der Waals surface area contributed by atoms with Crippen molar-refractivity contribution in [3.05, 3.63) is 35.1 Å². The number of nitrogens with two attached hydrogens (primary N) is 1. The van der Waals surface area contributed by atoms with Gasteiger partial charge >= 0.3 is 6.18 Å². The fraction of sp³-hybridized carbons (Fsp3) is 0.538. The van der Waals surface area contributed by atoms with Gasteiger partial charge < -0.3 is 10.5 Å². The largest absolute Gasteiger partial charge is 0.419 e. The summed E-state index contributed by atoms with van der Waals surface area (Å²) in [7, 11) is 1.78. The van der Waals surface area contributed by atoms with Gasteiger partial charge in [0.25, 0.3) is 0 Å². The van der Waals surface area contributed by atoms with Crippen molar-refractivity contribution in [1.29, 1.82) is 0 Å². The van der Waals surface area contributed by atoms with Crippen LogP contribution in [-0.4, -0.2) is 37.7 Å². The molecular formula is C13H16F4N2O. The predicted octanol–water partition coefficient (Wildman–Crippen LogP) is 2.17. The minimum atomic E-state index is -4.72. The van der Waals surface area contributed by atoms with Gasteiger partial charge in [0, 0.05) is 13.1 Å². The molecule has 0 aliphatic carbocycles. The molecule has 2 atom stereocenters. The van der Waals surface area contributed by atoms with E-state index in [0.717, 1.165) is 12.1 Å². The van der Waals surface area contributed by atoms with Crippen molar-refractivity contribution >= 4 is 0 Å². The van der Waals surface area contributed by atoms with Crippen LogP contribution in [0, 0.1) is 5.82 Å². The molecule has 112 valence electrons. The second-order valence-corrected chi connectivity index (χ2v) is 4.81. The van der Waals surface area contributed by atoms with Crippen LogP contribution in [0.2, 0.25) is 0 Å². The van der Waals surface area contributed by atoms with Crippen LogP contribution in [0.4, 0.5) is 17.6 Å². The number of likely N-dealkylation sites (N-methyl/N-ethyl adjacent to an activating group) is 1. The first-order valence-electron chi connectivity index (χ1n) is 6.23. The third kappa shape index (κ3) is 2.94. The van der Waals surface area contributed by atoms with Gasteiger partial charge in [-0.05, 0) is 24.7 Å². The molecule has 1 heterocycles. The zero-order valence-electron chi connectivity index (χ0n) is 11.0. The van der Waals surface area contributed by atoms with Crippen molar-refractivity contribution in [3.63, 3.8) is 0 Å². The zero-order chi connectivity index (χ0) is 14.9. The summed E-state index contributed by atoms with van der Waals surface area (Å²) in [6.07, 6.45) is -5.12. The van der Waals surface area contributed by atoms with Crippen LogP contribution in [-0.2, 0) is 10.9 Å². The van der Waals surface area contributed by atoms with Crippen molar-refractivity contribution in [2.45, 2.75) is 18.3 Å². The van der Waals surface area contributed by atoms with Gasteiger partial charge in [-0.15, -0.1) is 0 Å². The third-order valence-electron chi connectivity index (χ3n) is 3.47. The molecule has 2 rings (SSSR count). The van der Waals surface area contributed by atoms with E-state index in [9.17, 15) is 17.6 Å². The first-order valence-corrected chi connectivity index (χ1v) is 6.23. The lowest BCUT2D eigenvalue weighted by molar-refractivity contribution is -0.140. The molecule has 1 saturated heterocycles. The summed E-state index contributed by atoms with van der Waals surface area (Å²) in [4.78, 5) is 1.87. The number of halogens is 4. The quantitative estimate of drug-likeness (QED) is 0.849. The van der Waals surface area contributed by atoms with E-state index in [0.29, 0.717) is 18.7 Å². The lowest BCUT2D eigenvalue weighted by Gasteiger charge is -2.39. The van der Waals surface area contributed by atoms with Gasteiger partial charge in [-0.1, -0.05) is 6.07 Å². The molecule has 3 nitrogen and oxygen atoms in total. The maximum atomic E-state index is 13.3. The van der Waals surface area contributed by atoms with Crippen LogP contribution in [0.15, 0.2) is 18.2 Å². The lowest BCUT2D eigenvalue weighted by atomic mass is 9.96. The number of hydrogen-bond donors (Lipinski definition) is 1. The van der Waals surface area contributed by atoms with Crippen LogP contribution in [0.5, 0.6) is 0 Å². The second-order valence-electron chi connectivity index (χ2n) is 4.81. The van der Waals surface area contributed by atoms with E-state index in [2.05, 4.69) is 0 Å². The molecule has 2 unspecified atom stereocenters. The van der Waals surface area contributed by atoms with Gasteiger partial charge in [-0.3, -0.25) is 4.90 Å². The van der Waals surface area contributed by atoms with Crippen LogP contribution in [0.25, 0.3) is 0 Å². The van der Waals surface area contributed by atoms with Gasteiger partial charge in [0.05, 0.1) is 24.3 Å². The van der Waals surface area contributed by atoms with Gasteiger partial charge in [0.2, 0.25) is 0 Å². The van der Waals surface area contributed by atoms with Gasteiger partial charge in [-0.25, -0.2) is 4.39 Å². The molecular weight excluding hydrogens is 276 g/mol. The first-order chi connectivity index (χ1) is 9.34. The summed E-state index contributed by atoms with van der Waals surface area (Å²) >= 11 is 0. The summed E-state index contributed by atoms with van der Waals surface area (Å²) < 4.78 is 57.1. The summed E-state index contributed by atoms with van der Waals surface area (Å²) in [5, 5.41) is 0. The molecule has 0 radical (unpaired) electrons. The molecule has 1 aromatic rings. The number of hydrogen-bond acceptors (Lipinski definition) is 3. The second kappa shape index (κ2) is 5.67. The SMILES string of the molecule is CN1CCOC(CN)C1c1ccc(F)c(C(F)(F)F)c1. The third-order valence-corrected chi connectivity index (χ3v) is 3.47. The first kappa shape index (κ1) is 15.2. The Morgan fingerprint density at radius 1 is 1.40 bits per heavy atom. The highest BCUT2D eigenvalue weighted by Gasteiger charge is 2.37. The topological polar surface area (TPSA) is 38.5 Å². The Labute approximate surface area is 114 Å². The van der Waals surface area contributed by atoms with Crippen LogP contribution < -0.4 is 5.73 Å². The van der Waals surface area contributed by atoms with E-state index in [4.69, 9.17) is 10.5 Å². The minimum absolute atomic E-state index is 0.188. The highest BCUT2D eigenvalue weighted by Crippen LogP contribution is 2.35. The van der Waals surface area contributed by atoms with E-state index in [1.54, 1.807) is 7.05 Å². The fourth-order valence-electron chi connectivity index (χ4n) is 2.47. The average Bonchev–Trinajstić information content (AvgIpc) is 2.38. The summed E-state index contributed by atoms with van der Waals surface area (Å²) in [6, 6.07) is 2.63. The highest BCUT2D eigenvalue weighted by molar-refractivity contribution is 5.30. The maximum Gasteiger partial charge on any atom is 0.419 e. The van der Waals surface area contributed by atoms with Crippen LogP contribution >= 0.6 is 0 Å². The van der Waals surface area contributed by atoms with Crippen molar-refractivity contribution in [1.82, 2.24) is 4.90 Å². The molecule has 2 N–H and O–H groups in total. The van der Waals surface area contributed by atoms with Crippen molar-refractivity contribution in [2.24, 2.45) is 5.73 Å². The van der Waals surface area contributed by atoms with E-state index in [-0.39, 0.29) is 6.54 Å². The number of nitrogens with zero attached hydrogens (tertiary/aromatic N) is 1.